The van der Waals surface area contributed by atoms with Crippen LogP contribution in [-0.2, 0) is 14.6 Å². The van der Waals surface area contributed by atoms with Gasteiger partial charge in [0.05, 0.1) is 29.8 Å². The molecule has 2 fully saturated rings. The van der Waals surface area contributed by atoms with Crippen molar-refractivity contribution in [1.29, 1.82) is 0 Å². The summed E-state index contributed by atoms with van der Waals surface area (Å²) < 4.78 is 29.9. The number of benzene rings is 1. The van der Waals surface area contributed by atoms with Crippen molar-refractivity contribution in [1.82, 2.24) is 0 Å². The molecule has 2 saturated heterocycles. The molecule has 0 aromatic heterocycles. The van der Waals surface area contributed by atoms with Gasteiger partial charge in [-0.2, -0.15) is 4.99 Å². The lowest BCUT2D eigenvalue weighted by Gasteiger charge is -2.26. The predicted octanol–water partition coefficient (Wildman–Crippen LogP) is 2.34. The first-order chi connectivity index (χ1) is 11.8. The highest BCUT2D eigenvalue weighted by molar-refractivity contribution is 8.16. The van der Waals surface area contributed by atoms with Crippen molar-refractivity contribution in [3.05, 3.63) is 24.3 Å². The van der Waals surface area contributed by atoms with Crippen LogP contribution in [0.1, 0.15) is 20.8 Å². The number of carbonyl (C=O) groups is 1. The number of para-hydroxylation sites is 2. The number of ether oxygens (including phenoxy) is 1. The van der Waals surface area contributed by atoms with Crippen LogP contribution >= 0.6 is 11.8 Å². The maximum Gasteiger partial charge on any atom is 0.250 e. The first-order valence-electron chi connectivity index (χ1n) is 8.33. The second kappa shape index (κ2) is 6.99. The van der Waals surface area contributed by atoms with Crippen molar-refractivity contribution in [2.24, 2.45) is 10.9 Å². The Labute approximate surface area is 152 Å². The summed E-state index contributed by atoms with van der Waals surface area (Å²) in [7, 11) is -3.08. The summed E-state index contributed by atoms with van der Waals surface area (Å²) >= 11 is 1.38. The topological polar surface area (TPSA) is 76.0 Å². The molecule has 3 rings (SSSR count). The summed E-state index contributed by atoms with van der Waals surface area (Å²) in [5, 5.41) is 0.453. The Morgan fingerprint density at radius 1 is 1.36 bits per heavy atom. The molecule has 2 aliphatic heterocycles. The Morgan fingerprint density at radius 2 is 2.08 bits per heavy atom. The maximum absolute atomic E-state index is 12.2. The van der Waals surface area contributed by atoms with E-state index < -0.39 is 9.84 Å². The Balaban J connectivity index is 2.05. The summed E-state index contributed by atoms with van der Waals surface area (Å²) in [6, 6.07) is 7.25. The molecule has 0 N–H and O–H groups in total. The SMILES string of the molecule is CCOc1ccccc1N1C(=NC(=O)C(C)C)S[C@@H]2CS(=O)(=O)C[C@H]21. The van der Waals surface area contributed by atoms with Crippen molar-refractivity contribution < 1.29 is 17.9 Å². The number of thioether (sulfide) groups is 1. The largest absolute Gasteiger partial charge is 0.492 e. The van der Waals surface area contributed by atoms with Gasteiger partial charge in [-0.25, -0.2) is 8.42 Å². The number of aliphatic imine (C=N–C) groups is 1. The average Bonchev–Trinajstić information content (AvgIpc) is 2.99. The zero-order valence-electron chi connectivity index (χ0n) is 14.5. The monoisotopic (exact) mass is 382 g/mol. The number of carbonyl (C=O) groups excluding carboxylic acids is 1. The Kier molecular flexibility index (Phi) is 5.11. The van der Waals surface area contributed by atoms with Crippen LogP contribution < -0.4 is 9.64 Å². The Morgan fingerprint density at radius 3 is 2.76 bits per heavy atom. The average molecular weight is 383 g/mol. The molecule has 1 aromatic carbocycles. The first kappa shape index (κ1) is 18.3. The number of anilines is 1. The van der Waals surface area contributed by atoms with E-state index in [1.165, 1.54) is 11.8 Å². The number of fused-ring (bicyclic) bond motifs is 1. The van der Waals surface area contributed by atoms with E-state index in [0.717, 1.165) is 5.69 Å². The van der Waals surface area contributed by atoms with Crippen LogP contribution in [0.5, 0.6) is 5.75 Å². The molecule has 0 radical (unpaired) electrons. The summed E-state index contributed by atoms with van der Waals surface area (Å²) in [6.07, 6.45) is 0. The summed E-state index contributed by atoms with van der Waals surface area (Å²) in [6.45, 7) is 6.00. The van der Waals surface area contributed by atoms with E-state index in [1.54, 1.807) is 13.8 Å². The molecule has 2 aliphatic rings. The lowest BCUT2D eigenvalue weighted by atomic mass is 10.2. The van der Waals surface area contributed by atoms with Gasteiger partial charge < -0.3 is 9.64 Å². The molecule has 0 saturated carbocycles. The summed E-state index contributed by atoms with van der Waals surface area (Å²) in [4.78, 5) is 18.3. The van der Waals surface area contributed by atoms with Gasteiger partial charge in [-0.1, -0.05) is 37.7 Å². The van der Waals surface area contributed by atoms with Crippen LogP contribution in [0.3, 0.4) is 0 Å². The minimum atomic E-state index is -3.08. The van der Waals surface area contributed by atoms with E-state index in [0.29, 0.717) is 17.5 Å². The smallest absolute Gasteiger partial charge is 0.250 e. The third-order valence-corrected chi connectivity index (χ3v) is 7.40. The fourth-order valence-electron chi connectivity index (χ4n) is 3.00. The van der Waals surface area contributed by atoms with Gasteiger partial charge >= 0.3 is 0 Å². The third kappa shape index (κ3) is 3.69. The first-order valence-corrected chi connectivity index (χ1v) is 11.0. The number of nitrogens with zero attached hydrogens (tertiary/aromatic N) is 2. The number of sulfone groups is 1. The minimum absolute atomic E-state index is 0.0695. The zero-order valence-corrected chi connectivity index (χ0v) is 16.1. The lowest BCUT2D eigenvalue weighted by Crippen LogP contribution is -2.38. The number of hydrogen-bond acceptors (Lipinski definition) is 5. The maximum atomic E-state index is 12.2. The fraction of sp³-hybridized carbons (Fsp3) is 0.529. The minimum Gasteiger partial charge on any atom is -0.492 e. The fourth-order valence-corrected chi connectivity index (χ4v) is 6.92. The molecule has 1 amide bonds. The van der Waals surface area contributed by atoms with E-state index in [4.69, 9.17) is 4.74 Å². The molecule has 0 bridgehead atoms. The van der Waals surface area contributed by atoms with E-state index in [1.807, 2.05) is 36.1 Å². The molecule has 1 aromatic rings. The molecule has 6 nitrogen and oxygen atoms in total. The third-order valence-electron chi connectivity index (χ3n) is 4.19. The molecular formula is C17H22N2O4S2. The molecule has 0 aliphatic carbocycles. The van der Waals surface area contributed by atoms with Gasteiger partial charge in [-0.15, -0.1) is 0 Å². The Hall–Kier alpha value is -1.54. The zero-order chi connectivity index (χ0) is 18.2. The van der Waals surface area contributed by atoms with E-state index in [9.17, 15) is 13.2 Å². The molecule has 25 heavy (non-hydrogen) atoms. The van der Waals surface area contributed by atoms with Crippen LogP contribution in [0.25, 0.3) is 0 Å². The molecule has 2 atom stereocenters. The van der Waals surface area contributed by atoms with Gasteiger partial charge in [0.1, 0.15) is 5.75 Å². The van der Waals surface area contributed by atoms with Crippen LogP contribution in [0.2, 0.25) is 0 Å². The molecule has 0 unspecified atom stereocenters. The summed E-state index contributed by atoms with van der Waals surface area (Å²) in [5.74, 6) is 0.440. The van der Waals surface area contributed by atoms with Crippen molar-refractivity contribution in [3.8, 4) is 5.75 Å². The molecule has 2 heterocycles. The van der Waals surface area contributed by atoms with Crippen LogP contribution in [0.4, 0.5) is 5.69 Å². The number of hydrogen-bond donors (Lipinski definition) is 0. The molecule has 136 valence electrons. The van der Waals surface area contributed by atoms with E-state index in [-0.39, 0.29) is 34.6 Å². The number of rotatable bonds is 4. The van der Waals surface area contributed by atoms with Crippen molar-refractivity contribution >= 4 is 38.4 Å². The van der Waals surface area contributed by atoms with Crippen molar-refractivity contribution in [2.75, 3.05) is 23.0 Å². The lowest BCUT2D eigenvalue weighted by molar-refractivity contribution is -0.120. The van der Waals surface area contributed by atoms with E-state index in [2.05, 4.69) is 4.99 Å². The van der Waals surface area contributed by atoms with E-state index >= 15 is 0 Å². The van der Waals surface area contributed by atoms with Crippen molar-refractivity contribution in [2.45, 2.75) is 32.1 Å². The van der Waals surface area contributed by atoms with Gasteiger partial charge in [0.15, 0.2) is 15.0 Å². The molecular weight excluding hydrogens is 360 g/mol. The standard InChI is InChI=1S/C17H22N2O4S2/c1-4-23-14-8-6-5-7-12(14)19-13-9-25(21,22)10-15(13)24-17(19)18-16(20)11(2)3/h5-8,11,13,15H,4,9-10H2,1-3H3/t13-,15-/m1/s1. The van der Waals surface area contributed by atoms with Crippen molar-refractivity contribution in [3.63, 3.8) is 0 Å². The quantitative estimate of drug-likeness (QED) is 0.796. The predicted molar refractivity (Wildman–Crippen MR) is 101 cm³/mol. The number of amides is 1. The van der Waals surface area contributed by atoms with Gasteiger partial charge in [0.2, 0.25) is 0 Å². The van der Waals surface area contributed by atoms with Crippen LogP contribution in [0, 0.1) is 5.92 Å². The van der Waals surface area contributed by atoms with Gasteiger partial charge in [-0.05, 0) is 19.1 Å². The van der Waals surface area contributed by atoms with Crippen LogP contribution in [-0.4, -0.2) is 48.9 Å². The second-order valence-corrected chi connectivity index (χ2v) is 9.82. The van der Waals surface area contributed by atoms with Crippen LogP contribution in [0.15, 0.2) is 29.3 Å². The Bertz CT molecular complexity index is 805. The second-order valence-electron chi connectivity index (χ2n) is 6.46. The molecule has 0 spiro atoms. The number of amidine groups is 1. The molecule has 8 heteroatoms. The highest BCUT2D eigenvalue weighted by atomic mass is 32.2. The highest BCUT2D eigenvalue weighted by Gasteiger charge is 2.50. The highest BCUT2D eigenvalue weighted by Crippen LogP contribution is 2.43. The van der Waals surface area contributed by atoms with Gasteiger partial charge in [0, 0.05) is 11.2 Å². The normalized spacial score (nSPS) is 26.2. The summed E-state index contributed by atoms with van der Waals surface area (Å²) in [5.41, 5.74) is 0.761. The van der Waals surface area contributed by atoms with Gasteiger partial charge in [0.25, 0.3) is 5.91 Å². The van der Waals surface area contributed by atoms with Gasteiger partial charge in [-0.3, -0.25) is 4.79 Å².